The molecule has 0 radical (unpaired) electrons. The number of amides is 4. The van der Waals surface area contributed by atoms with Gasteiger partial charge in [0, 0.05) is 24.9 Å². The molecular formula is C22H38N10O6. The second-order valence-corrected chi connectivity index (χ2v) is 8.83. The summed E-state index contributed by atoms with van der Waals surface area (Å²) in [6, 6.07) is -4.95. The Morgan fingerprint density at radius 3 is 2.16 bits per heavy atom. The van der Waals surface area contributed by atoms with Crippen molar-refractivity contribution in [3.8, 4) is 0 Å². The topological polar surface area (TPSA) is 287 Å². The molecule has 16 heteroatoms. The number of primary amides is 1. The Balaban J connectivity index is 3.03. The lowest BCUT2D eigenvalue weighted by atomic mass is 9.98. The van der Waals surface area contributed by atoms with Crippen LogP contribution < -0.4 is 38.9 Å². The van der Waals surface area contributed by atoms with Crippen LogP contribution in [0.25, 0.3) is 0 Å². The molecule has 5 unspecified atom stereocenters. The summed E-state index contributed by atoms with van der Waals surface area (Å²) in [6.07, 6.45) is 3.03. The largest absolute Gasteiger partial charge is 0.480 e. The molecule has 0 aliphatic heterocycles. The molecule has 212 valence electrons. The number of nitrogens with zero attached hydrogens (tertiary/aromatic N) is 2. The number of aromatic amines is 1. The van der Waals surface area contributed by atoms with Gasteiger partial charge in [-0.1, -0.05) is 20.3 Å². The quantitative estimate of drug-likeness (QED) is 0.0543. The first-order valence-electron chi connectivity index (χ1n) is 12.1. The maximum atomic E-state index is 13.2. The highest BCUT2D eigenvalue weighted by Gasteiger charge is 2.32. The van der Waals surface area contributed by atoms with E-state index in [9.17, 15) is 29.1 Å². The maximum Gasteiger partial charge on any atom is 0.326 e. The summed E-state index contributed by atoms with van der Waals surface area (Å²) < 4.78 is 0. The number of carboxylic acids is 1. The molecule has 16 nitrogen and oxygen atoms in total. The van der Waals surface area contributed by atoms with E-state index in [1.807, 2.05) is 6.92 Å². The molecule has 0 bridgehead atoms. The van der Waals surface area contributed by atoms with Gasteiger partial charge in [0.25, 0.3) is 0 Å². The van der Waals surface area contributed by atoms with Gasteiger partial charge in [-0.25, -0.2) is 9.78 Å². The Morgan fingerprint density at radius 1 is 1.03 bits per heavy atom. The summed E-state index contributed by atoms with van der Waals surface area (Å²) in [5.41, 5.74) is 22.2. The summed E-state index contributed by atoms with van der Waals surface area (Å²) in [5.74, 6) is -4.93. The van der Waals surface area contributed by atoms with Gasteiger partial charge in [-0.3, -0.25) is 24.2 Å². The van der Waals surface area contributed by atoms with Gasteiger partial charge < -0.3 is 49.0 Å². The van der Waals surface area contributed by atoms with Crippen LogP contribution in [-0.4, -0.2) is 81.3 Å². The monoisotopic (exact) mass is 538 g/mol. The number of carbonyl (C=O) groups excluding carboxylic acids is 4. The molecule has 0 aromatic carbocycles. The third kappa shape index (κ3) is 11.2. The number of carbonyl (C=O) groups is 5. The normalized spacial score (nSPS) is 14.7. The van der Waals surface area contributed by atoms with Gasteiger partial charge in [0.15, 0.2) is 5.96 Å². The number of aliphatic imine (C=N–C) groups is 1. The third-order valence-electron chi connectivity index (χ3n) is 5.77. The fraction of sp³-hybridized carbons (Fsp3) is 0.591. The van der Waals surface area contributed by atoms with Crippen molar-refractivity contribution in [3.05, 3.63) is 18.2 Å². The highest BCUT2D eigenvalue weighted by Crippen LogP contribution is 2.08. The van der Waals surface area contributed by atoms with Gasteiger partial charge >= 0.3 is 5.97 Å². The number of nitrogens with one attached hydrogen (secondary N) is 4. The second-order valence-electron chi connectivity index (χ2n) is 8.83. The van der Waals surface area contributed by atoms with Crippen LogP contribution in [0.2, 0.25) is 0 Å². The zero-order chi connectivity index (χ0) is 28.8. The molecule has 5 atom stereocenters. The molecule has 0 aliphatic carbocycles. The zero-order valence-electron chi connectivity index (χ0n) is 21.5. The molecule has 13 N–H and O–H groups in total. The molecule has 0 fully saturated rings. The van der Waals surface area contributed by atoms with Gasteiger partial charge in [-0.05, 0) is 18.8 Å². The lowest BCUT2D eigenvalue weighted by molar-refractivity contribution is -0.142. The molecular weight excluding hydrogens is 500 g/mol. The summed E-state index contributed by atoms with van der Waals surface area (Å²) in [7, 11) is 0. The molecule has 4 amide bonds. The molecule has 0 saturated carbocycles. The lowest BCUT2D eigenvalue weighted by Crippen LogP contribution is -2.58. The minimum Gasteiger partial charge on any atom is -0.480 e. The van der Waals surface area contributed by atoms with E-state index < -0.39 is 60.2 Å². The van der Waals surface area contributed by atoms with Crippen LogP contribution in [0.1, 0.15) is 45.2 Å². The van der Waals surface area contributed by atoms with Crippen LogP contribution in [-0.2, 0) is 30.4 Å². The summed E-state index contributed by atoms with van der Waals surface area (Å²) in [5, 5.41) is 16.7. The predicted octanol–water partition coefficient (Wildman–Crippen LogP) is -3.21. The first kappa shape index (κ1) is 31.8. The molecule has 1 aromatic rings. The number of carboxylic acid groups (broad SMARTS) is 1. The van der Waals surface area contributed by atoms with Crippen molar-refractivity contribution in [2.75, 3.05) is 6.54 Å². The summed E-state index contributed by atoms with van der Waals surface area (Å²) in [4.78, 5) is 72.4. The molecule has 0 aliphatic rings. The second kappa shape index (κ2) is 15.8. The van der Waals surface area contributed by atoms with Gasteiger partial charge in [0.2, 0.25) is 23.6 Å². The van der Waals surface area contributed by atoms with E-state index in [0.29, 0.717) is 12.1 Å². The smallest absolute Gasteiger partial charge is 0.326 e. The van der Waals surface area contributed by atoms with Crippen LogP contribution in [0.5, 0.6) is 0 Å². The Hall–Kier alpha value is -4.21. The molecule has 38 heavy (non-hydrogen) atoms. The lowest BCUT2D eigenvalue weighted by Gasteiger charge is -2.25. The van der Waals surface area contributed by atoms with Gasteiger partial charge in [0.1, 0.15) is 18.1 Å². The number of hydrogen-bond acceptors (Lipinski definition) is 8. The van der Waals surface area contributed by atoms with Crippen molar-refractivity contribution in [3.63, 3.8) is 0 Å². The fourth-order valence-electron chi connectivity index (χ4n) is 3.32. The minimum absolute atomic E-state index is 0.0267. The number of hydrogen-bond donors (Lipinski definition) is 9. The molecule has 0 saturated heterocycles. The predicted molar refractivity (Wildman–Crippen MR) is 137 cm³/mol. The number of aliphatic carboxylic acids is 1. The van der Waals surface area contributed by atoms with Crippen molar-refractivity contribution in [2.24, 2.45) is 33.8 Å². The number of aromatic nitrogens is 2. The van der Waals surface area contributed by atoms with Crippen molar-refractivity contribution < 1.29 is 29.1 Å². The third-order valence-corrected chi connectivity index (χ3v) is 5.77. The zero-order valence-corrected chi connectivity index (χ0v) is 21.5. The van der Waals surface area contributed by atoms with E-state index in [4.69, 9.17) is 22.9 Å². The maximum absolute atomic E-state index is 13.2. The molecule has 1 rings (SSSR count). The average Bonchev–Trinajstić information content (AvgIpc) is 3.36. The minimum atomic E-state index is -1.51. The van der Waals surface area contributed by atoms with Gasteiger partial charge in [-0.15, -0.1) is 0 Å². The fourth-order valence-corrected chi connectivity index (χ4v) is 3.32. The first-order valence-corrected chi connectivity index (χ1v) is 12.1. The molecule has 1 heterocycles. The van der Waals surface area contributed by atoms with Crippen LogP contribution in [0, 0.1) is 5.92 Å². The van der Waals surface area contributed by atoms with E-state index in [0.717, 1.165) is 0 Å². The number of imidazole rings is 1. The highest BCUT2D eigenvalue weighted by molar-refractivity contribution is 5.96. The van der Waals surface area contributed by atoms with Crippen LogP contribution in [0.3, 0.4) is 0 Å². The van der Waals surface area contributed by atoms with Crippen LogP contribution in [0.4, 0.5) is 0 Å². The summed E-state index contributed by atoms with van der Waals surface area (Å²) in [6.45, 7) is 3.79. The van der Waals surface area contributed by atoms with Crippen LogP contribution >= 0.6 is 0 Å². The Labute approximate surface area is 219 Å². The number of nitrogens with two attached hydrogens (primary N) is 4. The standard InChI is InChI=1S/C22H38N10O6/c1-3-11(2)17(24)20(36)32-14(7-12-9-27-10-29-12)18(34)31-15(8-16(23)33)19(35)30-13(21(37)38)5-4-6-28-22(25)26/h9-11,13-15,17H,3-8,24H2,1-2H3,(H2,23,33)(H,27,29)(H,30,35)(H,31,34)(H,32,36)(H,37,38)(H4,25,26,28). The SMILES string of the molecule is CCC(C)C(N)C(=O)NC(Cc1cnc[nH]1)C(=O)NC(CC(N)=O)C(=O)NC(CCCN=C(N)N)C(=O)O. The Kier molecular flexibility index (Phi) is 13.2. The van der Waals surface area contributed by atoms with Crippen molar-refractivity contribution in [1.82, 2.24) is 25.9 Å². The summed E-state index contributed by atoms with van der Waals surface area (Å²) >= 11 is 0. The average molecular weight is 539 g/mol. The van der Waals surface area contributed by atoms with Crippen molar-refractivity contribution >= 4 is 35.6 Å². The van der Waals surface area contributed by atoms with E-state index >= 15 is 0 Å². The van der Waals surface area contributed by atoms with E-state index in [2.05, 4.69) is 30.9 Å². The van der Waals surface area contributed by atoms with Crippen LogP contribution in [0.15, 0.2) is 17.5 Å². The number of H-pyrrole nitrogens is 1. The highest BCUT2D eigenvalue weighted by atomic mass is 16.4. The van der Waals surface area contributed by atoms with Crippen molar-refractivity contribution in [2.45, 2.75) is 70.1 Å². The number of rotatable bonds is 17. The van der Waals surface area contributed by atoms with Gasteiger partial charge in [-0.2, -0.15) is 0 Å². The Morgan fingerprint density at radius 2 is 1.63 bits per heavy atom. The Bertz CT molecular complexity index is 979. The van der Waals surface area contributed by atoms with Crippen molar-refractivity contribution in [1.29, 1.82) is 0 Å². The molecule has 1 aromatic heterocycles. The van der Waals surface area contributed by atoms with E-state index in [-0.39, 0.29) is 37.7 Å². The molecule has 0 spiro atoms. The first-order chi connectivity index (χ1) is 17.8. The number of guanidine groups is 1. The van der Waals surface area contributed by atoms with Gasteiger partial charge in [0.05, 0.1) is 18.8 Å². The van der Waals surface area contributed by atoms with E-state index in [1.165, 1.54) is 12.5 Å². The van der Waals surface area contributed by atoms with E-state index in [1.54, 1.807) is 6.92 Å².